The molecular weight excluding hydrogens is 156 g/mol. The maximum absolute atomic E-state index is 10.1. The Morgan fingerprint density at radius 1 is 1.42 bits per heavy atom. The molecule has 0 aliphatic heterocycles. The predicted molar refractivity (Wildman–Crippen MR) is 46.9 cm³/mol. The van der Waals surface area contributed by atoms with E-state index >= 15 is 0 Å². The second kappa shape index (κ2) is 5.14. The summed E-state index contributed by atoms with van der Waals surface area (Å²) in [5.41, 5.74) is -0.406. The van der Waals surface area contributed by atoms with E-state index in [0.717, 1.165) is 6.42 Å². The quantitative estimate of drug-likeness (QED) is 0.575. The first-order chi connectivity index (χ1) is 5.48. The van der Waals surface area contributed by atoms with Gasteiger partial charge in [-0.3, -0.25) is 4.79 Å². The Labute approximate surface area is 74.0 Å². The molecule has 0 N–H and O–H groups in total. The lowest BCUT2D eigenvalue weighted by molar-refractivity contribution is -0.142. The maximum Gasteiger partial charge on any atom is 0.293 e. The van der Waals surface area contributed by atoms with Crippen LogP contribution in [0.2, 0.25) is 0 Å². The third-order valence-corrected chi connectivity index (χ3v) is 1.52. The molecule has 12 heavy (non-hydrogen) atoms. The van der Waals surface area contributed by atoms with Crippen LogP contribution in [0.1, 0.15) is 34.1 Å². The van der Waals surface area contributed by atoms with Crippen LogP contribution in [0, 0.1) is 0 Å². The molecule has 0 fully saturated rings. The van der Waals surface area contributed by atoms with Gasteiger partial charge in [-0.2, -0.15) is 0 Å². The molecule has 0 heterocycles. The lowest BCUT2D eigenvalue weighted by Crippen LogP contribution is -2.26. The maximum atomic E-state index is 10.1. The minimum Gasteiger partial charge on any atom is -0.462 e. The summed E-state index contributed by atoms with van der Waals surface area (Å²) in [5, 5.41) is 0. The van der Waals surface area contributed by atoms with Gasteiger partial charge in [-0.15, -0.1) is 0 Å². The van der Waals surface area contributed by atoms with Gasteiger partial charge in [0.1, 0.15) is 5.60 Å². The summed E-state index contributed by atoms with van der Waals surface area (Å²) in [5.74, 6) is 0. The van der Waals surface area contributed by atoms with E-state index in [1.165, 1.54) is 0 Å². The first-order valence-corrected chi connectivity index (χ1v) is 4.21. The fourth-order valence-electron chi connectivity index (χ4n) is 0.730. The molecule has 0 aliphatic carbocycles. The van der Waals surface area contributed by atoms with E-state index in [1.54, 1.807) is 0 Å². The highest BCUT2D eigenvalue weighted by atomic mass is 16.5. The van der Waals surface area contributed by atoms with Gasteiger partial charge in [0.05, 0.1) is 12.7 Å². The van der Waals surface area contributed by atoms with Crippen LogP contribution in [-0.2, 0) is 14.3 Å². The Kier molecular flexibility index (Phi) is 4.90. The van der Waals surface area contributed by atoms with Gasteiger partial charge in [0.2, 0.25) is 0 Å². The summed E-state index contributed by atoms with van der Waals surface area (Å²) in [6.07, 6.45) is 0.959. The monoisotopic (exact) mass is 174 g/mol. The van der Waals surface area contributed by atoms with Crippen molar-refractivity contribution < 1.29 is 14.3 Å². The summed E-state index contributed by atoms with van der Waals surface area (Å²) in [6.45, 7) is 8.80. The summed E-state index contributed by atoms with van der Waals surface area (Å²) in [4.78, 5) is 10.1. The van der Waals surface area contributed by atoms with Crippen LogP contribution in [0.3, 0.4) is 0 Å². The Balaban J connectivity index is 3.53. The van der Waals surface area contributed by atoms with Gasteiger partial charge < -0.3 is 9.47 Å². The minimum atomic E-state index is -0.406. The van der Waals surface area contributed by atoms with Crippen molar-refractivity contribution in [3.8, 4) is 0 Å². The second-order valence-electron chi connectivity index (χ2n) is 3.64. The molecule has 0 aromatic rings. The third kappa shape index (κ3) is 6.16. The van der Waals surface area contributed by atoms with E-state index in [0.29, 0.717) is 13.1 Å². The molecule has 0 rings (SSSR count). The normalized spacial score (nSPS) is 11.8. The number of hydrogen-bond acceptors (Lipinski definition) is 3. The smallest absolute Gasteiger partial charge is 0.293 e. The molecule has 3 heteroatoms. The van der Waals surface area contributed by atoms with Crippen molar-refractivity contribution in [2.45, 2.75) is 45.8 Å². The van der Waals surface area contributed by atoms with Gasteiger partial charge in [-0.25, -0.2) is 0 Å². The minimum absolute atomic E-state index is 0.233. The van der Waals surface area contributed by atoms with Crippen LogP contribution in [0.15, 0.2) is 0 Å². The molecule has 0 aliphatic rings. The highest BCUT2D eigenvalue weighted by Gasteiger charge is 2.18. The second-order valence-corrected chi connectivity index (χ2v) is 3.64. The third-order valence-electron chi connectivity index (χ3n) is 1.52. The Morgan fingerprint density at radius 2 is 2.00 bits per heavy atom. The topological polar surface area (TPSA) is 35.5 Å². The standard InChI is InChI=1S/C9H18O3/c1-8(2)11-6-5-9(3,4)12-7-10/h7-8H,5-6H2,1-4H3. The van der Waals surface area contributed by atoms with E-state index in [-0.39, 0.29) is 6.10 Å². The molecule has 0 radical (unpaired) electrons. The molecule has 0 saturated heterocycles. The van der Waals surface area contributed by atoms with Gasteiger partial charge in [-0.05, 0) is 27.7 Å². The van der Waals surface area contributed by atoms with E-state index < -0.39 is 5.60 Å². The van der Waals surface area contributed by atoms with E-state index in [4.69, 9.17) is 9.47 Å². The SMILES string of the molecule is CC(C)OCCC(C)(C)OC=O. The zero-order valence-corrected chi connectivity index (χ0v) is 8.29. The van der Waals surface area contributed by atoms with Crippen molar-refractivity contribution in [3.63, 3.8) is 0 Å². The molecule has 0 aromatic heterocycles. The molecule has 0 aromatic carbocycles. The first-order valence-electron chi connectivity index (χ1n) is 4.21. The number of ether oxygens (including phenoxy) is 2. The average molecular weight is 174 g/mol. The molecule has 72 valence electrons. The van der Waals surface area contributed by atoms with Crippen LogP contribution in [0.4, 0.5) is 0 Å². The summed E-state index contributed by atoms with van der Waals surface area (Å²) in [7, 11) is 0. The van der Waals surface area contributed by atoms with Crippen molar-refractivity contribution in [2.24, 2.45) is 0 Å². The number of hydrogen-bond donors (Lipinski definition) is 0. The summed E-state index contributed by atoms with van der Waals surface area (Å²) >= 11 is 0. The zero-order valence-electron chi connectivity index (χ0n) is 8.29. The average Bonchev–Trinajstić information content (AvgIpc) is 1.85. The predicted octanol–water partition coefficient (Wildman–Crippen LogP) is 1.75. The fourth-order valence-corrected chi connectivity index (χ4v) is 0.730. The fraction of sp³-hybridized carbons (Fsp3) is 0.889. The van der Waals surface area contributed by atoms with Crippen LogP contribution in [0.5, 0.6) is 0 Å². The van der Waals surface area contributed by atoms with E-state index in [9.17, 15) is 4.79 Å². The number of rotatable bonds is 6. The summed E-state index contributed by atoms with van der Waals surface area (Å²) < 4.78 is 10.2. The van der Waals surface area contributed by atoms with Gasteiger partial charge in [0.25, 0.3) is 6.47 Å². The Bertz CT molecular complexity index is 130. The van der Waals surface area contributed by atoms with Gasteiger partial charge in [0.15, 0.2) is 0 Å². The molecule has 0 unspecified atom stereocenters. The molecular formula is C9H18O3. The number of carbonyl (C=O) groups is 1. The molecule has 3 nitrogen and oxygen atoms in total. The van der Waals surface area contributed by atoms with Gasteiger partial charge in [0, 0.05) is 6.42 Å². The van der Waals surface area contributed by atoms with Crippen LogP contribution >= 0.6 is 0 Å². The van der Waals surface area contributed by atoms with Gasteiger partial charge >= 0.3 is 0 Å². The van der Waals surface area contributed by atoms with Crippen LogP contribution in [-0.4, -0.2) is 24.8 Å². The van der Waals surface area contributed by atoms with Crippen molar-refractivity contribution in [3.05, 3.63) is 0 Å². The molecule has 0 spiro atoms. The lowest BCUT2D eigenvalue weighted by Gasteiger charge is -2.22. The van der Waals surface area contributed by atoms with Crippen molar-refractivity contribution >= 4 is 6.47 Å². The van der Waals surface area contributed by atoms with Crippen molar-refractivity contribution in [2.75, 3.05) is 6.61 Å². The van der Waals surface area contributed by atoms with Crippen molar-refractivity contribution in [1.29, 1.82) is 0 Å². The van der Waals surface area contributed by atoms with Crippen molar-refractivity contribution in [1.82, 2.24) is 0 Å². The highest BCUT2D eigenvalue weighted by molar-refractivity contribution is 5.38. The highest BCUT2D eigenvalue weighted by Crippen LogP contribution is 2.13. The van der Waals surface area contributed by atoms with Gasteiger partial charge in [-0.1, -0.05) is 0 Å². The van der Waals surface area contributed by atoms with Crippen LogP contribution < -0.4 is 0 Å². The first kappa shape index (κ1) is 11.4. The molecule has 0 amide bonds. The Morgan fingerprint density at radius 3 is 2.42 bits per heavy atom. The summed E-state index contributed by atoms with van der Waals surface area (Å²) in [6, 6.07) is 0. The Hall–Kier alpha value is -0.570. The number of carbonyl (C=O) groups excluding carboxylic acids is 1. The molecule has 0 saturated carbocycles. The largest absolute Gasteiger partial charge is 0.462 e. The zero-order chi connectivity index (χ0) is 9.61. The van der Waals surface area contributed by atoms with E-state index in [1.807, 2.05) is 27.7 Å². The molecule has 0 atom stereocenters. The van der Waals surface area contributed by atoms with E-state index in [2.05, 4.69) is 0 Å². The molecule has 0 bridgehead atoms. The lowest BCUT2D eigenvalue weighted by atomic mass is 10.1. The van der Waals surface area contributed by atoms with Crippen LogP contribution in [0.25, 0.3) is 0 Å².